The molecule has 0 unspecified atom stereocenters. The second-order valence-electron chi connectivity index (χ2n) is 7.75. The number of anilines is 2. The van der Waals surface area contributed by atoms with Gasteiger partial charge < -0.3 is 15.1 Å². The van der Waals surface area contributed by atoms with E-state index in [0.29, 0.717) is 5.56 Å². The molecule has 1 N–H and O–H groups in total. The zero-order valence-corrected chi connectivity index (χ0v) is 16.9. The van der Waals surface area contributed by atoms with Gasteiger partial charge in [0.2, 0.25) is 0 Å². The maximum atomic E-state index is 8.88. The fourth-order valence-corrected chi connectivity index (χ4v) is 3.33. The number of aromatic nitrogens is 1. The van der Waals surface area contributed by atoms with Gasteiger partial charge >= 0.3 is 0 Å². The van der Waals surface area contributed by atoms with E-state index >= 15 is 0 Å². The van der Waals surface area contributed by atoms with Crippen LogP contribution >= 0.6 is 12.2 Å². The van der Waals surface area contributed by atoms with Crippen LogP contribution in [0.1, 0.15) is 31.9 Å². The van der Waals surface area contributed by atoms with Crippen molar-refractivity contribution in [1.82, 2.24) is 9.88 Å². The van der Waals surface area contributed by atoms with Gasteiger partial charge in [-0.1, -0.05) is 32.9 Å². The van der Waals surface area contributed by atoms with Gasteiger partial charge in [-0.15, -0.1) is 0 Å². The predicted molar refractivity (Wildman–Crippen MR) is 114 cm³/mol. The van der Waals surface area contributed by atoms with Crippen molar-refractivity contribution in [3.05, 3.63) is 53.7 Å². The Hall–Kier alpha value is -2.65. The van der Waals surface area contributed by atoms with Crippen LogP contribution in [-0.4, -0.2) is 41.2 Å². The van der Waals surface area contributed by atoms with Crippen LogP contribution in [0, 0.1) is 11.3 Å². The van der Waals surface area contributed by atoms with Gasteiger partial charge in [0.05, 0.1) is 5.56 Å². The Bertz CT molecular complexity index is 823. The molecule has 0 atom stereocenters. The Balaban J connectivity index is 1.54. The first-order chi connectivity index (χ1) is 12.9. The van der Waals surface area contributed by atoms with Gasteiger partial charge in [0.15, 0.2) is 5.11 Å². The monoisotopic (exact) mass is 379 g/mol. The molecule has 5 nitrogen and oxygen atoms in total. The van der Waals surface area contributed by atoms with Crippen LogP contribution < -0.4 is 10.2 Å². The summed E-state index contributed by atoms with van der Waals surface area (Å²) in [5.41, 5.74) is 3.06. The van der Waals surface area contributed by atoms with E-state index in [4.69, 9.17) is 17.5 Å². The molecule has 0 aliphatic carbocycles. The summed E-state index contributed by atoms with van der Waals surface area (Å²) in [4.78, 5) is 8.78. The standard InChI is InChI=1S/C21H25N5S/c1-21(2,3)17-5-7-18(8-6-17)24-20(27)26-12-10-25(11-13-26)19-9-4-16(14-22)15-23-19/h4-9,15H,10-13H2,1-3H3,(H,24,27). The first-order valence-electron chi connectivity index (χ1n) is 9.14. The number of rotatable bonds is 2. The molecule has 1 saturated heterocycles. The smallest absolute Gasteiger partial charge is 0.173 e. The number of piperazine rings is 1. The molecule has 0 spiro atoms. The lowest BCUT2D eigenvalue weighted by Gasteiger charge is -2.36. The Morgan fingerprint density at radius 3 is 2.26 bits per heavy atom. The average Bonchev–Trinajstić information content (AvgIpc) is 2.68. The van der Waals surface area contributed by atoms with Crippen LogP contribution in [0.2, 0.25) is 0 Å². The molecular formula is C21H25N5S. The summed E-state index contributed by atoms with van der Waals surface area (Å²) in [6, 6.07) is 14.3. The molecular weight excluding hydrogens is 354 g/mol. The first kappa shape index (κ1) is 19.1. The molecule has 1 aliphatic rings. The molecule has 140 valence electrons. The highest BCUT2D eigenvalue weighted by Crippen LogP contribution is 2.23. The number of hydrogen-bond acceptors (Lipinski definition) is 4. The van der Waals surface area contributed by atoms with Crippen molar-refractivity contribution in [2.45, 2.75) is 26.2 Å². The van der Waals surface area contributed by atoms with E-state index in [2.05, 4.69) is 71.2 Å². The van der Waals surface area contributed by atoms with Crippen LogP contribution in [-0.2, 0) is 5.41 Å². The van der Waals surface area contributed by atoms with E-state index in [0.717, 1.165) is 42.8 Å². The highest BCUT2D eigenvalue weighted by molar-refractivity contribution is 7.80. The lowest BCUT2D eigenvalue weighted by Crippen LogP contribution is -2.50. The molecule has 6 heteroatoms. The lowest BCUT2D eigenvalue weighted by atomic mass is 9.87. The van der Waals surface area contributed by atoms with Crippen molar-refractivity contribution in [2.24, 2.45) is 0 Å². The molecule has 2 heterocycles. The van der Waals surface area contributed by atoms with Gasteiger partial charge in [-0.05, 0) is 47.5 Å². The molecule has 0 amide bonds. The zero-order valence-electron chi connectivity index (χ0n) is 16.1. The van der Waals surface area contributed by atoms with Crippen LogP contribution in [0.4, 0.5) is 11.5 Å². The summed E-state index contributed by atoms with van der Waals surface area (Å²) >= 11 is 5.60. The third-order valence-corrected chi connectivity index (χ3v) is 5.13. The normalized spacial score (nSPS) is 14.6. The number of nitrogens with one attached hydrogen (secondary N) is 1. The van der Waals surface area contributed by atoms with Crippen molar-refractivity contribution in [1.29, 1.82) is 5.26 Å². The number of nitriles is 1. The molecule has 1 aliphatic heterocycles. The summed E-state index contributed by atoms with van der Waals surface area (Å²) in [5.74, 6) is 0.908. The van der Waals surface area contributed by atoms with Crippen molar-refractivity contribution < 1.29 is 0 Å². The topological polar surface area (TPSA) is 55.2 Å². The minimum absolute atomic E-state index is 0.148. The molecule has 1 aromatic heterocycles. The lowest BCUT2D eigenvalue weighted by molar-refractivity contribution is 0.389. The number of thiocarbonyl (C=S) groups is 1. The molecule has 1 fully saturated rings. The third kappa shape index (κ3) is 4.75. The van der Waals surface area contributed by atoms with Crippen LogP contribution in [0.25, 0.3) is 0 Å². The molecule has 3 rings (SSSR count). The fourth-order valence-electron chi connectivity index (χ4n) is 3.03. The Morgan fingerprint density at radius 2 is 1.74 bits per heavy atom. The van der Waals surface area contributed by atoms with Gasteiger partial charge in [0, 0.05) is 38.1 Å². The summed E-state index contributed by atoms with van der Waals surface area (Å²) in [6.07, 6.45) is 1.62. The van der Waals surface area contributed by atoms with Gasteiger partial charge in [-0.25, -0.2) is 4.98 Å². The van der Waals surface area contributed by atoms with Crippen molar-refractivity contribution in [3.63, 3.8) is 0 Å². The molecule has 0 bridgehead atoms. The summed E-state index contributed by atoms with van der Waals surface area (Å²) in [6.45, 7) is 10.0. The average molecular weight is 380 g/mol. The second kappa shape index (κ2) is 7.93. The molecule has 2 aromatic rings. The van der Waals surface area contributed by atoms with Crippen molar-refractivity contribution in [2.75, 3.05) is 36.4 Å². The first-order valence-corrected chi connectivity index (χ1v) is 9.55. The van der Waals surface area contributed by atoms with Crippen LogP contribution in [0.3, 0.4) is 0 Å². The Morgan fingerprint density at radius 1 is 1.07 bits per heavy atom. The summed E-state index contributed by atoms with van der Waals surface area (Å²) in [5, 5.41) is 13.0. The highest BCUT2D eigenvalue weighted by atomic mass is 32.1. The van der Waals surface area contributed by atoms with E-state index in [1.165, 1.54) is 5.56 Å². The van der Waals surface area contributed by atoms with Crippen LogP contribution in [0.15, 0.2) is 42.6 Å². The van der Waals surface area contributed by atoms with E-state index in [-0.39, 0.29) is 5.41 Å². The molecule has 1 aromatic carbocycles. The quantitative estimate of drug-likeness (QED) is 0.802. The Kier molecular flexibility index (Phi) is 5.62. The van der Waals surface area contributed by atoms with Gasteiger partial charge in [0.1, 0.15) is 11.9 Å². The molecule has 27 heavy (non-hydrogen) atoms. The van der Waals surface area contributed by atoms with E-state index in [9.17, 15) is 0 Å². The van der Waals surface area contributed by atoms with E-state index in [1.807, 2.05) is 12.1 Å². The fraction of sp³-hybridized carbons (Fsp3) is 0.381. The molecule has 0 saturated carbocycles. The predicted octanol–water partition coefficient (Wildman–Crippen LogP) is 3.77. The van der Waals surface area contributed by atoms with Crippen LogP contribution in [0.5, 0.6) is 0 Å². The highest BCUT2D eigenvalue weighted by Gasteiger charge is 2.20. The van der Waals surface area contributed by atoms with Gasteiger partial charge in [-0.2, -0.15) is 5.26 Å². The van der Waals surface area contributed by atoms with E-state index < -0.39 is 0 Å². The van der Waals surface area contributed by atoms with Crippen molar-refractivity contribution >= 4 is 28.8 Å². The second-order valence-corrected chi connectivity index (χ2v) is 8.14. The van der Waals surface area contributed by atoms with E-state index in [1.54, 1.807) is 6.20 Å². The summed E-state index contributed by atoms with van der Waals surface area (Å²) in [7, 11) is 0. The number of benzene rings is 1. The maximum absolute atomic E-state index is 8.88. The number of nitrogens with zero attached hydrogens (tertiary/aromatic N) is 4. The molecule has 0 radical (unpaired) electrons. The maximum Gasteiger partial charge on any atom is 0.173 e. The number of pyridine rings is 1. The largest absolute Gasteiger partial charge is 0.353 e. The zero-order chi connectivity index (χ0) is 19.4. The minimum atomic E-state index is 0.148. The third-order valence-electron chi connectivity index (χ3n) is 4.77. The minimum Gasteiger partial charge on any atom is -0.353 e. The SMILES string of the molecule is CC(C)(C)c1ccc(NC(=S)N2CCN(c3ccc(C#N)cn3)CC2)cc1. The van der Waals surface area contributed by atoms with Gasteiger partial charge in [0.25, 0.3) is 0 Å². The number of hydrogen-bond donors (Lipinski definition) is 1. The van der Waals surface area contributed by atoms with Gasteiger partial charge in [-0.3, -0.25) is 0 Å². The Labute approximate surface area is 166 Å². The summed E-state index contributed by atoms with van der Waals surface area (Å²) < 4.78 is 0. The van der Waals surface area contributed by atoms with Crippen molar-refractivity contribution in [3.8, 4) is 6.07 Å².